The van der Waals surface area contributed by atoms with Gasteiger partial charge in [0.25, 0.3) is 15.9 Å². The van der Waals surface area contributed by atoms with Crippen molar-refractivity contribution in [2.24, 2.45) is 0 Å². The van der Waals surface area contributed by atoms with Crippen molar-refractivity contribution in [3.8, 4) is 11.1 Å². The van der Waals surface area contributed by atoms with Gasteiger partial charge in [-0.05, 0) is 11.6 Å². The molecule has 18 heavy (non-hydrogen) atoms. The minimum Gasteiger partial charge on any atom is -0.268 e. The third-order valence-corrected chi connectivity index (χ3v) is 4.27. The van der Waals surface area contributed by atoms with E-state index in [0.717, 1.165) is 5.56 Å². The molecule has 1 aliphatic rings. The minimum atomic E-state index is -3.73. The van der Waals surface area contributed by atoms with Crippen LogP contribution in [0, 0.1) is 0 Å². The molecule has 0 aromatic heterocycles. The fourth-order valence-electron chi connectivity index (χ4n) is 2.08. The van der Waals surface area contributed by atoms with E-state index in [9.17, 15) is 13.2 Å². The topological polar surface area (TPSA) is 63.2 Å². The van der Waals surface area contributed by atoms with Crippen molar-refractivity contribution in [1.29, 1.82) is 0 Å². The number of nitrogens with one attached hydrogen (secondary N) is 1. The van der Waals surface area contributed by atoms with Gasteiger partial charge < -0.3 is 0 Å². The van der Waals surface area contributed by atoms with E-state index in [0.29, 0.717) is 5.56 Å². The first kappa shape index (κ1) is 11.0. The molecule has 1 aliphatic heterocycles. The fraction of sp³-hybridized carbons (Fsp3) is 0. The molecule has 0 unspecified atom stereocenters. The highest BCUT2D eigenvalue weighted by molar-refractivity contribution is 7.90. The molecule has 5 heteroatoms. The first-order chi connectivity index (χ1) is 8.59. The molecular formula is C13H9NO3S. The predicted octanol–water partition coefficient (Wildman–Crippen LogP) is 1.79. The quantitative estimate of drug-likeness (QED) is 0.849. The molecule has 1 heterocycles. The maximum absolute atomic E-state index is 11.9. The Morgan fingerprint density at radius 3 is 2.22 bits per heavy atom. The average Bonchev–Trinajstić information content (AvgIpc) is 2.61. The number of benzene rings is 2. The standard InChI is InChI=1S/C13H9NO3S/c15-13-11-8-4-7-10(9-5-2-1-3-6-9)12(11)18(16,17)14-13/h1-8H,(H,14,15). The Balaban J connectivity index is 2.36. The van der Waals surface area contributed by atoms with Gasteiger partial charge in [-0.15, -0.1) is 0 Å². The number of sulfonamides is 1. The van der Waals surface area contributed by atoms with Crippen molar-refractivity contribution >= 4 is 15.9 Å². The monoisotopic (exact) mass is 259 g/mol. The highest BCUT2D eigenvalue weighted by Gasteiger charge is 2.34. The normalized spacial score (nSPS) is 16.1. The molecule has 2 aromatic carbocycles. The lowest BCUT2D eigenvalue weighted by molar-refractivity contribution is 0.0985. The number of hydrogen-bond acceptors (Lipinski definition) is 3. The van der Waals surface area contributed by atoms with Gasteiger partial charge in [0, 0.05) is 5.56 Å². The Labute approximate surface area is 104 Å². The van der Waals surface area contributed by atoms with Crippen LogP contribution in [0.25, 0.3) is 11.1 Å². The van der Waals surface area contributed by atoms with Crippen LogP contribution in [0.1, 0.15) is 10.4 Å². The Morgan fingerprint density at radius 1 is 0.833 bits per heavy atom. The summed E-state index contributed by atoms with van der Waals surface area (Å²) in [6, 6.07) is 14.0. The molecule has 0 radical (unpaired) electrons. The Bertz CT molecular complexity index is 736. The van der Waals surface area contributed by atoms with Crippen LogP contribution in [0.15, 0.2) is 53.4 Å². The van der Waals surface area contributed by atoms with E-state index in [1.165, 1.54) is 6.07 Å². The molecule has 0 atom stereocenters. The van der Waals surface area contributed by atoms with Crippen molar-refractivity contribution in [1.82, 2.24) is 4.72 Å². The SMILES string of the molecule is O=C1NS(=O)(=O)c2c1cccc2-c1ccccc1. The lowest BCUT2D eigenvalue weighted by Gasteiger charge is -2.06. The maximum atomic E-state index is 11.9. The van der Waals surface area contributed by atoms with Gasteiger partial charge >= 0.3 is 0 Å². The average molecular weight is 259 g/mol. The largest absolute Gasteiger partial charge is 0.268 e. The van der Waals surface area contributed by atoms with E-state index in [-0.39, 0.29) is 10.5 Å². The summed E-state index contributed by atoms with van der Waals surface area (Å²) in [5, 5.41) is 0. The van der Waals surface area contributed by atoms with E-state index in [1.807, 2.05) is 35.1 Å². The van der Waals surface area contributed by atoms with Gasteiger partial charge in [0.15, 0.2) is 0 Å². The van der Waals surface area contributed by atoms with Gasteiger partial charge in [-0.2, -0.15) is 0 Å². The molecule has 4 nitrogen and oxygen atoms in total. The third kappa shape index (κ3) is 1.52. The minimum absolute atomic E-state index is 0.0706. The number of hydrogen-bond donors (Lipinski definition) is 1. The summed E-state index contributed by atoms with van der Waals surface area (Å²) < 4.78 is 25.9. The molecule has 0 fully saturated rings. The second-order valence-electron chi connectivity index (χ2n) is 3.98. The van der Waals surface area contributed by atoms with Crippen LogP contribution in [0.4, 0.5) is 0 Å². The zero-order valence-corrected chi connectivity index (χ0v) is 10.1. The van der Waals surface area contributed by atoms with Crippen LogP contribution in [-0.4, -0.2) is 14.3 Å². The third-order valence-electron chi connectivity index (χ3n) is 2.84. The van der Waals surface area contributed by atoms with Crippen LogP contribution in [-0.2, 0) is 10.0 Å². The summed E-state index contributed by atoms with van der Waals surface area (Å²) in [4.78, 5) is 11.6. The molecule has 0 saturated heterocycles. The van der Waals surface area contributed by atoms with Crippen molar-refractivity contribution in [2.75, 3.05) is 0 Å². The van der Waals surface area contributed by atoms with E-state index < -0.39 is 15.9 Å². The highest BCUT2D eigenvalue weighted by atomic mass is 32.2. The van der Waals surface area contributed by atoms with Crippen molar-refractivity contribution < 1.29 is 13.2 Å². The zero-order chi connectivity index (χ0) is 12.8. The van der Waals surface area contributed by atoms with Crippen LogP contribution in [0.3, 0.4) is 0 Å². The zero-order valence-electron chi connectivity index (χ0n) is 9.25. The number of carbonyl (C=O) groups is 1. The van der Waals surface area contributed by atoms with Crippen LogP contribution in [0.2, 0.25) is 0 Å². The Morgan fingerprint density at radius 2 is 1.50 bits per heavy atom. The van der Waals surface area contributed by atoms with Gasteiger partial charge in [-0.3, -0.25) is 4.79 Å². The summed E-state index contributed by atoms with van der Waals surface area (Å²) in [7, 11) is -3.73. The molecule has 1 N–H and O–H groups in total. The lowest BCUT2D eigenvalue weighted by atomic mass is 10.0. The molecule has 1 amide bonds. The Hall–Kier alpha value is -2.14. The van der Waals surface area contributed by atoms with Gasteiger partial charge in [0.05, 0.1) is 5.56 Å². The first-order valence-electron chi connectivity index (χ1n) is 5.35. The summed E-state index contributed by atoms with van der Waals surface area (Å²) in [6.45, 7) is 0. The van der Waals surface area contributed by atoms with E-state index in [2.05, 4.69) is 0 Å². The molecule has 0 saturated carbocycles. The highest BCUT2D eigenvalue weighted by Crippen LogP contribution is 2.33. The lowest BCUT2D eigenvalue weighted by Crippen LogP contribution is -2.20. The fourth-order valence-corrected chi connectivity index (χ4v) is 3.46. The number of rotatable bonds is 1. The van der Waals surface area contributed by atoms with Gasteiger partial charge in [0.2, 0.25) is 0 Å². The predicted molar refractivity (Wildman–Crippen MR) is 66.5 cm³/mol. The molecular weight excluding hydrogens is 250 g/mol. The molecule has 90 valence electrons. The second-order valence-corrected chi connectivity index (χ2v) is 5.60. The maximum Gasteiger partial charge on any atom is 0.266 e. The Kier molecular flexibility index (Phi) is 2.24. The number of fused-ring (bicyclic) bond motifs is 1. The van der Waals surface area contributed by atoms with Crippen molar-refractivity contribution in [2.45, 2.75) is 4.90 Å². The molecule has 0 aliphatic carbocycles. The van der Waals surface area contributed by atoms with Crippen LogP contribution < -0.4 is 4.72 Å². The molecule has 2 aromatic rings. The summed E-state index contributed by atoms with van der Waals surface area (Å²) in [6.07, 6.45) is 0. The summed E-state index contributed by atoms with van der Waals surface area (Å²) in [5.41, 5.74) is 1.53. The van der Waals surface area contributed by atoms with Crippen molar-refractivity contribution in [3.05, 3.63) is 54.1 Å². The smallest absolute Gasteiger partial charge is 0.266 e. The summed E-state index contributed by atoms with van der Waals surface area (Å²) >= 11 is 0. The second kappa shape index (κ2) is 3.68. The summed E-state index contributed by atoms with van der Waals surface area (Å²) in [5.74, 6) is -0.567. The number of carbonyl (C=O) groups excluding carboxylic acids is 1. The van der Waals surface area contributed by atoms with E-state index in [1.54, 1.807) is 12.1 Å². The van der Waals surface area contributed by atoms with Crippen LogP contribution in [0.5, 0.6) is 0 Å². The van der Waals surface area contributed by atoms with E-state index in [4.69, 9.17) is 0 Å². The van der Waals surface area contributed by atoms with Gasteiger partial charge in [-0.25, -0.2) is 13.1 Å². The van der Waals surface area contributed by atoms with Gasteiger partial charge in [0.1, 0.15) is 4.90 Å². The van der Waals surface area contributed by atoms with Gasteiger partial charge in [-0.1, -0.05) is 42.5 Å². The molecule has 0 spiro atoms. The van der Waals surface area contributed by atoms with E-state index >= 15 is 0 Å². The molecule has 3 rings (SSSR count). The number of amides is 1. The van der Waals surface area contributed by atoms with Crippen molar-refractivity contribution in [3.63, 3.8) is 0 Å². The van der Waals surface area contributed by atoms with Crippen LogP contribution >= 0.6 is 0 Å². The molecule has 0 bridgehead atoms. The first-order valence-corrected chi connectivity index (χ1v) is 6.83.